The third-order valence-electron chi connectivity index (χ3n) is 4.43. The summed E-state index contributed by atoms with van der Waals surface area (Å²) >= 11 is 0. The van der Waals surface area contributed by atoms with Gasteiger partial charge in [-0.3, -0.25) is 15.2 Å². The normalized spacial score (nSPS) is 18.5. The average molecular weight is 353 g/mol. The molecule has 26 heavy (non-hydrogen) atoms. The van der Waals surface area contributed by atoms with E-state index in [1.807, 2.05) is 12.1 Å². The van der Waals surface area contributed by atoms with Gasteiger partial charge in [0, 0.05) is 36.7 Å². The zero-order valence-electron chi connectivity index (χ0n) is 14.3. The van der Waals surface area contributed by atoms with E-state index >= 15 is 0 Å². The first-order valence-electron chi connectivity index (χ1n) is 8.56. The second kappa shape index (κ2) is 6.99. The number of rotatable bonds is 7. The van der Waals surface area contributed by atoms with E-state index in [0.717, 1.165) is 17.1 Å². The molecule has 1 fully saturated rings. The number of nitrogens with one attached hydrogen (secondary N) is 2. The number of hydrogen-bond donors (Lipinski definition) is 2. The maximum Gasteiger partial charge on any atom is 0.340 e. The van der Waals surface area contributed by atoms with E-state index in [2.05, 4.69) is 32.9 Å². The van der Waals surface area contributed by atoms with Crippen LogP contribution in [-0.2, 0) is 11.2 Å². The molecule has 0 saturated heterocycles. The number of aromatic nitrogens is 3. The second-order valence-electron chi connectivity index (χ2n) is 6.46. The van der Waals surface area contributed by atoms with E-state index in [-0.39, 0.29) is 11.9 Å². The average Bonchev–Trinajstić information content (AvgIpc) is 3.07. The first-order valence-corrected chi connectivity index (χ1v) is 8.56. The summed E-state index contributed by atoms with van der Waals surface area (Å²) in [5.41, 5.74) is 5.95. The van der Waals surface area contributed by atoms with Crippen molar-refractivity contribution in [3.63, 3.8) is 0 Å². The number of anilines is 1. The fourth-order valence-corrected chi connectivity index (χ4v) is 2.76. The molecular weight excluding hydrogens is 334 g/mol. The third kappa shape index (κ3) is 3.74. The Morgan fingerprint density at radius 1 is 1.27 bits per heavy atom. The number of furan rings is 1. The van der Waals surface area contributed by atoms with Crippen LogP contribution in [0.5, 0.6) is 0 Å². The van der Waals surface area contributed by atoms with Crippen LogP contribution in [0.3, 0.4) is 0 Å². The molecule has 1 aliphatic carbocycles. The van der Waals surface area contributed by atoms with E-state index in [9.17, 15) is 4.79 Å². The maximum atomic E-state index is 12.0. The molecule has 8 heteroatoms. The SMILES string of the molecule is CC1CC1c1ccc(CCC(=O)NNc2nc(-c3ccncc3)no2)o1. The highest BCUT2D eigenvalue weighted by Crippen LogP contribution is 2.47. The van der Waals surface area contributed by atoms with Crippen LogP contribution in [0.4, 0.5) is 6.01 Å². The minimum Gasteiger partial charge on any atom is -0.466 e. The Morgan fingerprint density at radius 2 is 2.08 bits per heavy atom. The Labute approximate surface area is 150 Å². The summed E-state index contributed by atoms with van der Waals surface area (Å²) < 4.78 is 10.9. The number of carbonyl (C=O) groups excluding carboxylic acids is 1. The predicted octanol–water partition coefficient (Wildman–Crippen LogP) is 2.92. The maximum absolute atomic E-state index is 12.0. The van der Waals surface area contributed by atoms with Gasteiger partial charge in [-0.05, 0) is 36.6 Å². The summed E-state index contributed by atoms with van der Waals surface area (Å²) in [5.74, 6) is 3.33. The van der Waals surface area contributed by atoms with Crippen LogP contribution in [0.2, 0.25) is 0 Å². The van der Waals surface area contributed by atoms with Gasteiger partial charge in [-0.25, -0.2) is 5.43 Å². The second-order valence-corrected chi connectivity index (χ2v) is 6.46. The molecule has 3 heterocycles. The van der Waals surface area contributed by atoms with Crippen molar-refractivity contribution in [1.29, 1.82) is 0 Å². The molecule has 1 amide bonds. The molecule has 2 atom stereocenters. The number of nitrogens with zero attached hydrogens (tertiary/aromatic N) is 3. The molecule has 0 spiro atoms. The molecule has 0 radical (unpaired) electrons. The lowest BCUT2D eigenvalue weighted by Crippen LogP contribution is -2.29. The number of carbonyl (C=O) groups is 1. The summed E-state index contributed by atoms with van der Waals surface area (Å²) in [5, 5.41) is 3.85. The van der Waals surface area contributed by atoms with Crippen LogP contribution in [0.25, 0.3) is 11.4 Å². The van der Waals surface area contributed by atoms with Crippen molar-refractivity contribution in [2.24, 2.45) is 5.92 Å². The fourth-order valence-electron chi connectivity index (χ4n) is 2.76. The molecule has 1 saturated carbocycles. The molecule has 4 rings (SSSR count). The molecule has 0 aliphatic heterocycles. The lowest BCUT2D eigenvalue weighted by molar-refractivity contribution is -0.120. The van der Waals surface area contributed by atoms with Crippen molar-refractivity contribution < 1.29 is 13.7 Å². The van der Waals surface area contributed by atoms with E-state index in [1.165, 1.54) is 6.42 Å². The Hall–Kier alpha value is -3.16. The standard InChI is InChI=1S/C18H19N5O3/c1-11-10-14(11)15-4-2-13(25-15)3-5-16(24)21-22-18-20-17(23-26-18)12-6-8-19-9-7-12/h2,4,6-9,11,14H,3,5,10H2,1H3,(H,21,24)(H,20,22,23). The number of pyridine rings is 1. The van der Waals surface area contributed by atoms with E-state index in [4.69, 9.17) is 8.94 Å². The number of hydrogen-bond acceptors (Lipinski definition) is 7. The fraction of sp³-hybridized carbons (Fsp3) is 0.333. The Balaban J connectivity index is 1.24. The zero-order chi connectivity index (χ0) is 17.9. The summed E-state index contributed by atoms with van der Waals surface area (Å²) in [4.78, 5) is 20.1. The molecular formula is C18H19N5O3. The van der Waals surface area contributed by atoms with Crippen LogP contribution in [0.1, 0.15) is 37.2 Å². The molecule has 2 unspecified atom stereocenters. The Morgan fingerprint density at radius 3 is 2.85 bits per heavy atom. The molecule has 8 nitrogen and oxygen atoms in total. The quantitative estimate of drug-likeness (QED) is 0.629. The van der Waals surface area contributed by atoms with Crippen molar-refractivity contribution in [3.8, 4) is 11.4 Å². The van der Waals surface area contributed by atoms with Crippen LogP contribution < -0.4 is 10.9 Å². The molecule has 1 aliphatic rings. The van der Waals surface area contributed by atoms with Gasteiger partial charge in [0.1, 0.15) is 11.5 Å². The minimum atomic E-state index is -0.189. The molecule has 0 bridgehead atoms. The minimum absolute atomic E-state index is 0.119. The van der Waals surface area contributed by atoms with E-state index in [0.29, 0.717) is 30.5 Å². The summed E-state index contributed by atoms with van der Waals surface area (Å²) in [6.45, 7) is 2.21. The van der Waals surface area contributed by atoms with Gasteiger partial charge in [-0.15, -0.1) is 0 Å². The van der Waals surface area contributed by atoms with E-state index < -0.39 is 0 Å². The highest BCUT2D eigenvalue weighted by molar-refractivity contribution is 5.77. The van der Waals surface area contributed by atoms with Gasteiger partial charge >= 0.3 is 6.01 Å². The molecule has 2 N–H and O–H groups in total. The highest BCUT2D eigenvalue weighted by Gasteiger charge is 2.36. The first kappa shape index (κ1) is 16.3. The molecule has 0 aromatic carbocycles. The van der Waals surface area contributed by atoms with Crippen LogP contribution >= 0.6 is 0 Å². The van der Waals surface area contributed by atoms with Crippen molar-refractivity contribution in [3.05, 3.63) is 48.2 Å². The number of aryl methyl sites for hydroxylation is 1. The van der Waals surface area contributed by atoms with Gasteiger partial charge < -0.3 is 8.94 Å². The zero-order valence-corrected chi connectivity index (χ0v) is 14.3. The molecule has 134 valence electrons. The van der Waals surface area contributed by atoms with Gasteiger partial charge in [0.15, 0.2) is 0 Å². The lowest BCUT2D eigenvalue weighted by atomic mass is 10.2. The first-order chi connectivity index (χ1) is 12.7. The van der Waals surface area contributed by atoms with Crippen molar-refractivity contribution >= 4 is 11.9 Å². The predicted molar refractivity (Wildman–Crippen MR) is 92.8 cm³/mol. The topological polar surface area (TPSA) is 106 Å². The summed E-state index contributed by atoms with van der Waals surface area (Å²) in [6, 6.07) is 7.62. The smallest absolute Gasteiger partial charge is 0.340 e. The number of hydrazine groups is 1. The molecule has 3 aromatic heterocycles. The lowest BCUT2D eigenvalue weighted by Gasteiger charge is -2.03. The van der Waals surface area contributed by atoms with Crippen LogP contribution in [0.15, 0.2) is 45.6 Å². The van der Waals surface area contributed by atoms with Crippen molar-refractivity contribution in [2.45, 2.75) is 32.1 Å². The largest absolute Gasteiger partial charge is 0.466 e. The van der Waals surface area contributed by atoms with Gasteiger partial charge in [0.25, 0.3) is 0 Å². The van der Waals surface area contributed by atoms with E-state index in [1.54, 1.807) is 24.5 Å². The van der Waals surface area contributed by atoms with Gasteiger partial charge in [-0.2, -0.15) is 4.98 Å². The van der Waals surface area contributed by atoms with Crippen molar-refractivity contribution in [1.82, 2.24) is 20.6 Å². The third-order valence-corrected chi connectivity index (χ3v) is 4.43. The Bertz CT molecular complexity index is 889. The van der Waals surface area contributed by atoms with Crippen LogP contribution in [0, 0.1) is 5.92 Å². The number of amides is 1. The van der Waals surface area contributed by atoms with Crippen molar-refractivity contribution in [2.75, 3.05) is 5.43 Å². The molecule has 3 aromatic rings. The summed E-state index contributed by atoms with van der Waals surface area (Å²) in [7, 11) is 0. The van der Waals surface area contributed by atoms with Gasteiger partial charge in [0.05, 0.1) is 0 Å². The van der Waals surface area contributed by atoms with Crippen LogP contribution in [-0.4, -0.2) is 21.0 Å². The summed E-state index contributed by atoms with van der Waals surface area (Å²) in [6.07, 6.45) is 5.31. The van der Waals surface area contributed by atoms with Gasteiger partial charge in [-0.1, -0.05) is 12.1 Å². The monoisotopic (exact) mass is 353 g/mol. The highest BCUT2D eigenvalue weighted by atomic mass is 16.5. The Kier molecular flexibility index (Phi) is 4.39. The van der Waals surface area contributed by atoms with Gasteiger partial charge in [0.2, 0.25) is 11.7 Å².